The fourth-order valence-corrected chi connectivity index (χ4v) is 7.15. The molecule has 8 heteroatoms. The predicted molar refractivity (Wildman–Crippen MR) is 135 cm³/mol. The lowest BCUT2D eigenvalue weighted by Gasteiger charge is -2.49. The molecule has 2 aliphatic heterocycles. The Kier molecular flexibility index (Phi) is 6.71. The summed E-state index contributed by atoms with van der Waals surface area (Å²) in [7, 11) is 1.60. The third kappa shape index (κ3) is 4.01. The number of esters is 1. The van der Waals surface area contributed by atoms with E-state index in [-0.39, 0.29) is 35.4 Å². The fourth-order valence-electron chi connectivity index (χ4n) is 7.15. The normalized spacial score (nSPS) is 44.3. The number of Topliss-reactive ketones (excluding diaryl/α,β-unsaturated/α-hetero) is 1. The molecule has 1 saturated heterocycles. The van der Waals surface area contributed by atoms with Gasteiger partial charge in [-0.15, -0.1) is 0 Å². The van der Waals surface area contributed by atoms with Gasteiger partial charge in [0.25, 0.3) is 0 Å². The van der Waals surface area contributed by atoms with Gasteiger partial charge in [-0.2, -0.15) is 0 Å². The van der Waals surface area contributed by atoms with Gasteiger partial charge in [-0.05, 0) is 38.0 Å². The van der Waals surface area contributed by atoms with E-state index in [1.165, 1.54) is 6.92 Å². The van der Waals surface area contributed by atoms with E-state index < -0.39 is 42.1 Å². The van der Waals surface area contributed by atoms with Crippen LogP contribution in [0.15, 0.2) is 54.5 Å². The first-order valence-corrected chi connectivity index (χ1v) is 13.1. The molecule has 200 valence electrons. The summed E-state index contributed by atoms with van der Waals surface area (Å²) in [5.74, 6) is -1.29. The number of hydrogen-bond acceptors (Lipinski definition) is 7. The van der Waals surface area contributed by atoms with E-state index in [1.807, 2.05) is 26.8 Å². The zero-order valence-corrected chi connectivity index (χ0v) is 22.0. The van der Waals surface area contributed by atoms with Crippen molar-refractivity contribution in [3.05, 3.63) is 60.2 Å². The molecule has 1 aromatic heterocycles. The van der Waals surface area contributed by atoms with E-state index in [0.29, 0.717) is 17.9 Å². The highest BCUT2D eigenvalue weighted by Gasteiger charge is 2.69. The number of ether oxygens (including phenoxy) is 4. The Morgan fingerprint density at radius 1 is 1.27 bits per heavy atom. The quantitative estimate of drug-likeness (QED) is 0.470. The average molecular weight is 512 g/mol. The van der Waals surface area contributed by atoms with Crippen LogP contribution in [-0.4, -0.2) is 65.1 Å². The Bertz CT molecular complexity index is 1120. The van der Waals surface area contributed by atoms with Gasteiger partial charge in [-0.3, -0.25) is 4.79 Å². The van der Waals surface area contributed by atoms with Crippen LogP contribution < -0.4 is 0 Å². The molecule has 2 fully saturated rings. The summed E-state index contributed by atoms with van der Waals surface area (Å²) in [5.41, 5.74) is 0.443. The lowest BCUT2D eigenvalue weighted by atomic mass is 9.57. The molecule has 5 rings (SSSR count). The van der Waals surface area contributed by atoms with E-state index in [9.17, 15) is 14.7 Å². The molecular formula is C29H37NO7. The predicted octanol–water partition coefficient (Wildman–Crippen LogP) is 3.60. The van der Waals surface area contributed by atoms with Gasteiger partial charge in [0.1, 0.15) is 35.4 Å². The number of rotatable bonds is 4. The first kappa shape index (κ1) is 25.9. The molecule has 1 aromatic rings. The molecule has 8 nitrogen and oxygen atoms in total. The van der Waals surface area contributed by atoms with E-state index in [2.05, 4.69) is 23.7 Å². The molecule has 0 aromatic carbocycles. The van der Waals surface area contributed by atoms with Gasteiger partial charge in [0.05, 0.1) is 6.10 Å². The van der Waals surface area contributed by atoms with Gasteiger partial charge in [-0.1, -0.05) is 38.7 Å². The average Bonchev–Trinajstić information content (AvgIpc) is 3.46. The lowest BCUT2D eigenvalue weighted by Crippen LogP contribution is -2.57. The lowest BCUT2D eigenvalue weighted by molar-refractivity contribution is -0.130. The molecule has 4 bridgehead atoms. The van der Waals surface area contributed by atoms with E-state index >= 15 is 0 Å². The zero-order valence-electron chi connectivity index (χ0n) is 22.0. The maximum atomic E-state index is 12.9. The van der Waals surface area contributed by atoms with E-state index in [0.717, 1.165) is 5.57 Å². The summed E-state index contributed by atoms with van der Waals surface area (Å²) < 4.78 is 24.8. The molecule has 4 aliphatic rings. The number of ketones is 1. The van der Waals surface area contributed by atoms with Crippen molar-refractivity contribution < 1.29 is 33.6 Å². The van der Waals surface area contributed by atoms with Crippen LogP contribution in [0.1, 0.15) is 44.6 Å². The largest absolute Gasteiger partial charge is 0.484 e. The minimum absolute atomic E-state index is 0.0976. The topological polar surface area (TPSA) is 107 Å². The summed E-state index contributed by atoms with van der Waals surface area (Å²) >= 11 is 0. The van der Waals surface area contributed by atoms with Gasteiger partial charge >= 0.3 is 5.97 Å². The van der Waals surface area contributed by atoms with Crippen molar-refractivity contribution >= 4 is 11.8 Å². The minimum atomic E-state index is -0.852. The number of nitrogens with one attached hydrogen (secondary N) is 1. The Balaban J connectivity index is 1.58. The standard InChI is InChI=1S/C29H37NO7/c1-14-12-15(2)29-19(13-22(34-6)18(5)35-25(14)17(4)31)9-10-20-23(29)24(32)16(3)26(27(20)37-29)36-28(33)21-8-7-11-30-21/h7-12,14,16,19-20,22-27,30,32H,5,13H2,1-4,6H3/b15-12+/t14-,16-,19-,20-,22+,23+,24-,25+,26-,27-,29+/m1/s1. The SMILES string of the molecule is C=C1O[C@H](C(C)=O)[C@H](C)/C=C(\C)[C@]23O[C@@H]4[C@H](C=C[C@@H]2C[C@@H]1OC)[C@H]3[C@H](O)[C@@H](C)[C@H]4OC(=O)c1ccc[nH]1. The molecular weight excluding hydrogens is 474 g/mol. The molecule has 1 spiro atoms. The second-order valence-corrected chi connectivity index (χ2v) is 11.1. The van der Waals surface area contributed by atoms with Crippen LogP contribution in [-0.2, 0) is 23.7 Å². The smallest absolute Gasteiger partial charge is 0.355 e. The zero-order chi connectivity index (χ0) is 26.6. The van der Waals surface area contributed by atoms with Crippen LogP contribution in [0.4, 0.5) is 0 Å². The van der Waals surface area contributed by atoms with Gasteiger partial charge in [0.15, 0.2) is 11.9 Å². The van der Waals surface area contributed by atoms with Crippen molar-refractivity contribution in [3.63, 3.8) is 0 Å². The van der Waals surface area contributed by atoms with Crippen LogP contribution in [0.25, 0.3) is 0 Å². The van der Waals surface area contributed by atoms with Gasteiger partial charge in [0.2, 0.25) is 0 Å². The maximum absolute atomic E-state index is 12.9. The summed E-state index contributed by atoms with van der Waals surface area (Å²) in [6.45, 7) is 11.5. The van der Waals surface area contributed by atoms with Gasteiger partial charge in [0, 0.05) is 42.9 Å². The summed E-state index contributed by atoms with van der Waals surface area (Å²) in [6.07, 6.45) is 5.45. The first-order valence-electron chi connectivity index (χ1n) is 13.1. The van der Waals surface area contributed by atoms with Crippen LogP contribution >= 0.6 is 0 Å². The summed E-state index contributed by atoms with van der Waals surface area (Å²) in [6, 6.07) is 3.41. The number of aliphatic hydroxyl groups is 1. The molecule has 2 N–H and O–H groups in total. The third-order valence-electron chi connectivity index (χ3n) is 8.94. The van der Waals surface area contributed by atoms with Gasteiger partial charge in [-0.25, -0.2) is 4.79 Å². The Labute approximate surface area is 217 Å². The highest BCUT2D eigenvalue weighted by Crippen LogP contribution is 2.61. The molecule has 0 amide bonds. The van der Waals surface area contributed by atoms with Gasteiger partial charge < -0.3 is 29.0 Å². The van der Waals surface area contributed by atoms with Crippen molar-refractivity contribution in [1.82, 2.24) is 4.98 Å². The highest BCUT2D eigenvalue weighted by atomic mass is 16.6. The number of aromatic nitrogens is 1. The molecule has 37 heavy (non-hydrogen) atoms. The van der Waals surface area contributed by atoms with Crippen LogP contribution in [0.2, 0.25) is 0 Å². The summed E-state index contributed by atoms with van der Waals surface area (Å²) in [4.78, 5) is 28.3. The van der Waals surface area contributed by atoms with E-state index in [4.69, 9.17) is 18.9 Å². The number of aliphatic hydroxyl groups excluding tert-OH is 1. The molecule has 0 radical (unpaired) electrons. The molecule has 3 heterocycles. The maximum Gasteiger partial charge on any atom is 0.355 e. The second kappa shape index (κ2) is 9.57. The minimum Gasteiger partial charge on any atom is -0.484 e. The number of carbonyl (C=O) groups excluding carboxylic acids is 2. The monoisotopic (exact) mass is 511 g/mol. The summed E-state index contributed by atoms with van der Waals surface area (Å²) in [5, 5.41) is 11.7. The third-order valence-corrected chi connectivity index (χ3v) is 8.94. The Morgan fingerprint density at radius 2 is 2.03 bits per heavy atom. The molecule has 2 aliphatic carbocycles. The van der Waals surface area contributed by atoms with Crippen LogP contribution in [0.5, 0.6) is 0 Å². The number of H-pyrrole nitrogens is 1. The number of aromatic amines is 1. The van der Waals surface area contributed by atoms with Crippen molar-refractivity contribution in [1.29, 1.82) is 0 Å². The van der Waals surface area contributed by atoms with E-state index in [1.54, 1.807) is 25.4 Å². The van der Waals surface area contributed by atoms with Crippen molar-refractivity contribution in [3.8, 4) is 0 Å². The Morgan fingerprint density at radius 3 is 2.68 bits per heavy atom. The van der Waals surface area contributed by atoms with Crippen molar-refractivity contribution in [2.45, 2.75) is 70.2 Å². The van der Waals surface area contributed by atoms with Crippen LogP contribution in [0.3, 0.4) is 0 Å². The van der Waals surface area contributed by atoms with Crippen molar-refractivity contribution in [2.24, 2.45) is 29.6 Å². The Hall–Kier alpha value is -2.68. The van der Waals surface area contributed by atoms with Crippen LogP contribution in [0, 0.1) is 29.6 Å². The molecule has 0 unspecified atom stereocenters. The van der Waals surface area contributed by atoms with Crippen molar-refractivity contribution in [2.75, 3.05) is 7.11 Å². The number of hydrogen-bond donors (Lipinski definition) is 2. The first-order chi connectivity index (χ1) is 17.6. The molecule has 1 saturated carbocycles. The molecule has 11 atom stereocenters. The number of carbonyl (C=O) groups is 2. The highest BCUT2D eigenvalue weighted by molar-refractivity contribution is 5.87. The fraction of sp³-hybridized carbons (Fsp3) is 0.586. The second-order valence-electron chi connectivity index (χ2n) is 11.1. The number of methoxy groups -OCH3 is 1.